The summed E-state index contributed by atoms with van der Waals surface area (Å²) < 4.78 is 10.6. The summed E-state index contributed by atoms with van der Waals surface area (Å²) in [6, 6.07) is 7.64. The first-order valence-corrected chi connectivity index (χ1v) is 5.66. The fourth-order valence-electron chi connectivity index (χ4n) is 2.41. The summed E-state index contributed by atoms with van der Waals surface area (Å²) in [5, 5.41) is 1.92. The summed E-state index contributed by atoms with van der Waals surface area (Å²) in [4.78, 5) is 12.0. The Morgan fingerprint density at radius 3 is 2.22 bits per heavy atom. The average molecular weight is 240 g/mol. The molecule has 2 aromatic rings. The molecular formula is C15H12O3. The first-order chi connectivity index (χ1) is 8.76. The minimum absolute atomic E-state index is 0.0294. The number of rotatable bonds is 2. The zero-order chi connectivity index (χ0) is 12.7. The molecule has 3 heteroatoms. The van der Waals surface area contributed by atoms with E-state index in [0.29, 0.717) is 11.3 Å². The molecule has 0 radical (unpaired) electrons. The lowest BCUT2D eigenvalue weighted by atomic mass is 9.91. The van der Waals surface area contributed by atoms with E-state index in [1.807, 2.05) is 24.3 Å². The number of carbonyl (C=O) groups is 1. The minimum atomic E-state index is -0.0294. The molecule has 0 aliphatic heterocycles. The molecule has 0 unspecified atom stereocenters. The van der Waals surface area contributed by atoms with Gasteiger partial charge in [0.1, 0.15) is 11.5 Å². The second kappa shape index (κ2) is 3.88. The predicted molar refractivity (Wildman–Crippen MR) is 70.4 cm³/mol. The summed E-state index contributed by atoms with van der Waals surface area (Å²) in [5.41, 5.74) is 1.55. The van der Waals surface area contributed by atoms with Crippen LogP contribution in [0.4, 0.5) is 0 Å². The van der Waals surface area contributed by atoms with Crippen LogP contribution in [0.25, 0.3) is 16.8 Å². The van der Waals surface area contributed by atoms with Crippen LogP contribution in [-0.2, 0) is 0 Å². The molecule has 0 atom stereocenters. The van der Waals surface area contributed by atoms with E-state index < -0.39 is 0 Å². The quantitative estimate of drug-likeness (QED) is 0.809. The molecule has 0 spiro atoms. The van der Waals surface area contributed by atoms with Crippen LogP contribution in [0.2, 0.25) is 0 Å². The van der Waals surface area contributed by atoms with Gasteiger partial charge in [-0.25, -0.2) is 0 Å². The molecule has 90 valence electrons. The number of hydrogen-bond acceptors (Lipinski definition) is 3. The second-order valence-corrected chi connectivity index (χ2v) is 4.12. The van der Waals surface area contributed by atoms with Crippen LogP contribution < -0.4 is 9.47 Å². The molecule has 0 saturated carbocycles. The van der Waals surface area contributed by atoms with Gasteiger partial charge in [-0.2, -0.15) is 0 Å². The Hall–Kier alpha value is -2.29. The van der Waals surface area contributed by atoms with Crippen LogP contribution in [0.5, 0.6) is 11.5 Å². The number of benzene rings is 2. The van der Waals surface area contributed by atoms with Crippen molar-refractivity contribution in [2.24, 2.45) is 0 Å². The van der Waals surface area contributed by atoms with Crippen LogP contribution in [-0.4, -0.2) is 20.0 Å². The van der Waals surface area contributed by atoms with E-state index in [-0.39, 0.29) is 5.78 Å². The summed E-state index contributed by atoms with van der Waals surface area (Å²) in [6.45, 7) is 0. The molecule has 0 amide bonds. The molecule has 0 bridgehead atoms. The van der Waals surface area contributed by atoms with Gasteiger partial charge in [-0.3, -0.25) is 4.79 Å². The maximum absolute atomic E-state index is 12.0. The van der Waals surface area contributed by atoms with Gasteiger partial charge in [0.25, 0.3) is 0 Å². The van der Waals surface area contributed by atoms with Crippen LogP contribution in [0.1, 0.15) is 15.9 Å². The Labute approximate surface area is 105 Å². The van der Waals surface area contributed by atoms with Crippen molar-refractivity contribution in [1.29, 1.82) is 0 Å². The standard InChI is InChI=1S/C15H12O3/c1-17-12-7-3-9-4-8-13(18-2)15-11(16)6-5-10(12)14(9)15/h3-8H,1-2H3. The van der Waals surface area contributed by atoms with E-state index in [0.717, 1.165) is 22.1 Å². The van der Waals surface area contributed by atoms with Crippen LogP contribution in [0.15, 0.2) is 30.3 Å². The molecular weight excluding hydrogens is 228 g/mol. The van der Waals surface area contributed by atoms with Gasteiger partial charge >= 0.3 is 0 Å². The summed E-state index contributed by atoms with van der Waals surface area (Å²) in [7, 11) is 3.20. The zero-order valence-electron chi connectivity index (χ0n) is 10.2. The van der Waals surface area contributed by atoms with Crippen LogP contribution >= 0.6 is 0 Å². The molecule has 0 saturated heterocycles. The SMILES string of the molecule is COc1ccc2ccc(OC)c3c2c1C=CC3=O. The average Bonchev–Trinajstić information content (AvgIpc) is 2.42. The van der Waals surface area contributed by atoms with Crippen LogP contribution in [0.3, 0.4) is 0 Å². The number of allylic oxidation sites excluding steroid dienone is 1. The lowest BCUT2D eigenvalue weighted by Gasteiger charge is -2.17. The largest absolute Gasteiger partial charge is 0.496 e. The number of hydrogen-bond donors (Lipinski definition) is 0. The Morgan fingerprint density at radius 1 is 0.889 bits per heavy atom. The highest BCUT2D eigenvalue weighted by Crippen LogP contribution is 2.38. The van der Waals surface area contributed by atoms with Gasteiger partial charge in [-0.05, 0) is 29.7 Å². The lowest BCUT2D eigenvalue weighted by Crippen LogP contribution is -2.05. The lowest BCUT2D eigenvalue weighted by molar-refractivity contribution is 0.104. The van der Waals surface area contributed by atoms with Crippen molar-refractivity contribution < 1.29 is 14.3 Å². The highest BCUT2D eigenvalue weighted by molar-refractivity contribution is 6.22. The third-order valence-corrected chi connectivity index (χ3v) is 3.24. The minimum Gasteiger partial charge on any atom is -0.496 e. The van der Waals surface area contributed by atoms with Crippen molar-refractivity contribution in [2.45, 2.75) is 0 Å². The fraction of sp³-hybridized carbons (Fsp3) is 0.133. The van der Waals surface area contributed by atoms with Crippen molar-refractivity contribution in [3.05, 3.63) is 41.5 Å². The van der Waals surface area contributed by atoms with E-state index in [1.165, 1.54) is 0 Å². The summed E-state index contributed by atoms with van der Waals surface area (Å²) in [6.07, 6.45) is 3.36. The van der Waals surface area contributed by atoms with E-state index in [9.17, 15) is 4.79 Å². The second-order valence-electron chi connectivity index (χ2n) is 4.12. The van der Waals surface area contributed by atoms with E-state index >= 15 is 0 Å². The van der Waals surface area contributed by atoms with Crippen molar-refractivity contribution in [3.8, 4) is 11.5 Å². The molecule has 0 N–H and O–H groups in total. The molecule has 0 fully saturated rings. The Morgan fingerprint density at radius 2 is 1.56 bits per heavy atom. The van der Waals surface area contributed by atoms with Crippen molar-refractivity contribution in [1.82, 2.24) is 0 Å². The fourth-order valence-corrected chi connectivity index (χ4v) is 2.41. The summed E-state index contributed by atoms with van der Waals surface area (Å²) >= 11 is 0. The van der Waals surface area contributed by atoms with Crippen molar-refractivity contribution >= 4 is 22.6 Å². The normalized spacial score (nSPS) is 12.9. The highest BCUT2D eigenvalue weighted by Gasteiger charge is 2.21. The molecule has 1 aliphatic carbocycles. The third-order valence-electron chi connectivity index (χ3n) is 3.24. The Bertz CT molecular complexity index is 678. The molecule has 1 aliphatic rings. The Kier molecular flexibility index (Phi) is 2.33. The number of ketones is 1. The molecule has 18 heavy (non-hydrogen) atoms. The maximum atomic E-state index is 12.0. The summed E-state index contributed by atoms with van der Waals surface area (Å²) in [5.74, 6) is 1.34. The monoisotopic (exact) mass is 240 g/mol. The van der Waals surface area contributed by atoms with Gasteiger partial charge in [0.15, 0.2) is 5.78 Å². The third kappa shape index (κ3) is 1.34. The molecule has 3 rings (SSSR count). The predicted octanol–water partition coefficient (Wildman–Crippen LogP) is 3.07. The number of ether oxygens (including phenoxy) is 2. The van der Waals surface area contributed by atoms with Gasteiger partial charge in [0, 0.05) is 10.9 Å². The van der Waals surface area contributed by atoms with Crippen LogP contribution in [0, 0.1) is 0 Å². The number of carbonyl (C=O) groups excluding carboxylic acids is 1. The molecule has 2 aromatic carbocycles. The maximum Gasteiger partial charge on any atom is 0.190 e. The van der Waals surface area contributed by atoms with Gasteiger partial charge < -0.3 is 9.47 Å². The Balaban J connectivity index is 2.50. The zero-order valence-corrected chi connectivity index (χ0v) is 10.2. The molecule has 3 nitrogen and oxygen atoms in total. The first kappa shape index (κ1) is 10.8. The number of methoxy groups -OCH3 is 2. The van der Waals surface area contributed by atoms with E-state index in [1.54, 1.807) is 26.4 Å². The first-order valence-electron chi connectivity index (χ1n) is 5.66. The van der Waals surface area contributed by atoms with E-state index in [4.69, 9.17) is 9.47 Å². The topological polar surface area (TPSA) is 35.5 Å². The van der Waals surface area contributed by atoms with Crippen molar-refractivity contribution in [2.75, 3.05) is 14.2 Å². The van der Waals surface area contributed by atoms with Gasteiger partial charge in [0.2, 0.25) is 0 Å². The van der Waals surface area contributed by atoms with Crippen molar-refractivity contribution in [3.63, 3.8) is 0 Å². The molecule has 0 aromatic heterocycles. The van der Waals surface area contributed by atoms with Gasteiger partial charge in [-0.1, -0.05) is 12.1 Å². The molecule has 0 heterocycles. The smallest absolute Gasteiger partial charge is 0.190 e. The van der Waals surface area contributed by atoms with Gasteiger partial charge in [0.05, 0.1) is 19.8 Å². The van der Waals surface area contributed by atoms with Gasteiger partial charge in [-0.15, -0.1) is 0 Å². The highest BCUT2D eigenvalue weighted by atomic mass is 16.5. The van der Waals surface area contributed by atoms with E-state index in [2.05, 4.69) is 0 Å².